The lowest BCUT2D eigenvalue weighted by Gasteiger charge is -2.14. The maximum Gasteiger partial charge on any atom is 0.143 e. The molecule has 6 heteroatoms. The lowest BCUT2D eigenvalue weighted by atomic mass is 10.0. The minimum absolute atomic E-state index is 0.00743. The van der Waals surface area contributed by atoms with E-state index in [0.29, 0.717) is 4.47 Å². The van der Waals surface area contributed by atoms with Gasteiger partial charge in [-0.2, -0.15) is 0 Å². The predicted octanol–water partition coefficient (Wildman–Crippen LogP) is 4.91. The second kappa shape index (κ2) is 6.28. The van der Waals surface area contributed by atoms with Crippen LogP contribution in [0, 0.1) is 17.5 Å². The fraction of sp³-hybridized carbons (Fsp3) is 0.143. The van der Waals surface area contributed by atoms with Gasteiger partial charge in [-0.3, -0.25) is 0 Å². The first-order valence-corrected chi connectivity index (χ1v) is 7.24. The highest BCUT2D eigenvalue weighted by Crippen LogP contribution is 2.28. The second-order valence-corrected chi connectivity index (χ2v) is 5.98. The number of benzene rings is 2. The smallest absolute Gasteiger partial charge is 0.143 e. The number of aliphatic hydroxyl groups is 1. The van der Waals surface area contributed by atoms with Crippen LogP contribution in [0.1, 0.15) is 17.2 Å². The first-order valence-electron chi connectivity index (χ1n) is 5.65. The van der Waals surface area contributed by atoms with Gasteiger partial charge < -0.3 is 5.11 Å². The number of hydrogen-bond acceptors (Lipinski definition) is 1. The van der Waals surface area contributed by atoms with Gasteiger partial charge in [0, 0.05) is 22.0 Å². The van der Waals surface area contributed by atoms with Crippen LogP contribution in [0.5, 0.6) is 0 Å². The van der Waals surface area contributed by atoms with E-state index in [9.17, 15) is 18.3 Å². The first-order chi connectivity index (χ1) is 9.40. The lowest BCUT2D eigenvalue weighted by molar-refractivity contribution is 0.171. The molecule has 0 aliphatic heterocycles. The van der Waals surface area contributed by atoms with Crippen LogP contribution in [0.2, 0.25) is 0 Å². The van der Waals surface area contributed by atoms with Gasteiger partial charge in [0.05, 0.1) is 10.6 Å². The molecule has 2 aromatic carbocycles. The van der Waals surface area contributed by atoms with Crippen molar-refractivity contribution in [1.29, 1.82) is 0 Å². The molecule has 1 unspecified atom stereocenters. The molecule has 0 heterocycles. The number of halogens is 5. The van der Waals surface area contributed by atoms with Crippen LogP contribution in [-0.2, 0) is 6.42 Å². The molecule has 1 atom stereocenters. The average Bonchev–Trinajstić information content (AvgIpc) is 2.39. The molecule has 20 heavy (non-hydrogen) atoms. The molecule has 0 fully saturated rings. The van der Waals surface area contributed by atoms with Crippen molar-refractivity contribution in [3.8, 4) is 0 Å². The van der Waals surface area contributed by atoms with E-state index in [1.807, 2.05) is 0 Å². The van der Waals surface area contributed by atoms with Crippen molar-refractivity contribution in [1.82, 2.24) is 0 Å². The van der Waals surface area contributed by atoms with E-state index >= 15 is 0 Å². The van der Waals surface area contributed by atoms with Crippen LogP contribution in [-0.4, -0.2) is 5.11 Å². The molecule has 0 saturated carbocycles. The summed E-state index contributed by atoms with van der Waals surface area (Å²) in [5.74, 6) is -2.20. The van der Waals surface area contributed by atoms with Crippen molar-refractivity contribution in [3.05, 3.63) is 67.9 Å². The van der Waals surface area contributed by atoms with Gasteiger partial charge in [0.1, 0.15) is 17.5 Å². The normalized spacial score (nSPS) is 12.5. The van der Waals surface area contributed by atoms with E-state index in [4.69, 9.17) is 0 Å². The molecule has 0 saturated heterocycles. The summed E-state index contributed by atoms with van der Waals surface area (Å²) >= 11 is 6.04. The lowest BCUT2D eigenvalue weighted by Crippen LogP contribution is -2.08. The summed E-state index contributed by atoms with van der Waals surface area (Å²) in [5, 5.41) is 9.98. The average molecular weight is 410 g/mol. The van der Waals surface area contributed by atoms with Gasteiger partial charge in [-0.1, -0.05) is 22.0 Å². The largest absolute Gasteiger partial charge is 0.388 e. The minimum atomic E-state index is -1.33. The fourth-order valence-corrected chi connectivity index (χ4v) is 2.54. The van der Waals surface area contributed by atoms with Crippen molar-refractivity contribution < 1.29 is 18.3 Å². The molecular weight excluding hydrogens is 401 g/mol. The SMILES string of the molecule is OC(Cc1c(F)ccc(Br)c1F)c1ccc(Br)cc1F. The van der Waals surface area contributed by atoms with E-state index in [1.54, 1.807) is 6.07 Å². The van der Waals surface area contributed by atoms with E-state index in [-0.39, 0.29) is 22.0 Å². The summed E-state index contributed by atoms with van der Waals surface area (Å²) < 4.78 is 41.7. The number of aliphatic hydroxyl groups excluding tert-OH is 1. The van der Waals surface area contributed by atoms with E-state index in [2.05, 4.69) is 31.9 Å². The van der Waals surface area contributed by atoms with Crippen molar-refractivity contribution in [2.75, 3.05) is 0 Å². The molecule has 2 rings (SSSR count). The van der Waals surface area contributed by atoms with Gasteiger partial charge in [-0.15, -0.1) is 0 Å². The molecule has 0 spiro atoms. The zero-order valence-electron chi connectivity index (χ0n) is 10.0. The maximum atomic E-state index is 13.8. The van der Waals surface area contributed by atoms with E-state index in [1.165, 1.54) is 18.2 Å². The summed E-state index contributed by atoms with van der Waals surface area (Å²) in [4.78, 5) is 0. The molecule has 0 bridgehead atoms. The molecule has 0 aliphatic rings. The summed E-state index contributed by atoms with van der Waals surface area (Å²) in [6, 6.07) is 6.44. The van der Waals surface area contributed by atoms with Crippen LogP contribution >= 0.6 is 31.9 Å². The van der Waals surface area contributed by atoms with Crippen LogP contribution in [0.25, 0.3) is 0 Å². The standard InChI is InChI=1S/C14H9Br2F3O/c15-7-1-2-8(12(18)5-7)13(20)6-9-11(17)4-3-10(16)14(9)19/h1-5,13,20H,6H2. The summed E-state index contributed by atoms with van der Waals surface area (Å²) in [6.45, 7) is 0. The van der Waals surface area contributed by atoms with Crippen LogP contribution in [0.3, 0.4) is 0 Å². The molecule has 1 N–H and O–H groups in total. The Morgan fingerprint density at radius 3 is 2.35 bits per heavy atom. The van der Waals surface area contributed by atoms with Crippen molar-refractivity contribution in [2.24, 2.45) is 0 Å². The molecule has 2 aromatic rings. The Morgan fingerprint density at radius 1 is 1.00 bits per heavy atom. The number of rotatable bonds is 3. The first kappa shape index (κ1) is 15.5. The summed E-state index contributed by atoms with van der Waals surface area (Å²) in [6.07, 6.45) is -1.68. The molecule has 0 amide bonds. The van der Waals surface area contributed by atoms with Crippen molar-refractivity contribution >= 4 is 31.9 Å². The van der Waals surface area contributed by atoms with Gasteiger partial charge in [-0.25, -0.2) is 13.2 Å². The van der Waals surface area contributed by atoms with Crippen molar-refractivity contribution in [2.45, 2.75) is 12.5 Å². The quantitative estimate of drug-likeness (QED) is 0.714. The molecule has 1 nitrogen and oxygen atoms in total. The minimum Gasteiger partial charge on any atom is -0.388 e. The molecule has 106 valence electrons. The third-order valence-electron chi connectivity index (χ3n) is 2.86. The van der Waals surface area contributed by atoms with Gasteiger partial charge in [-0.05, 0) is 40.2 Å². The third-order valence-corrected chi connectivity index (χ3v) is 3.96. The van der Waals surface area contributed by atoms with E-state index < -0.39 is 23.6 Å². The highest BCUT2D eigenvalue weighted by atomic mass is 79.9. The Balaban J connectivity index is 2.32. The Labute approximate surface area is 130 Å². The predicted molar refractivity (Wildman–Crippen MR) is 76.8 cm³/mol. The number of hydrogen-bond donors (Lipinski definition) is 1. The Hall–Kier alpha value is -0.850. The highest BCUT2D eigenvalue weighted by molar-refractivity contribution is 9.10. The molecular formula is C14H9Br2F3O. The van der Waals surface area contributed by atoms with Gasteiger partial charge in [0.25, 0.3) is 0 Å². The third kappa shape index (κ3) is 3.24. The summed E-state index contributed by atoms with van der Waals surface area (Å²) in [5.41, 5.74) is -0.291. The summed E-state index contributed by atoms with van der Waals surface area (Å²) in [7, 11) is 0. The zero-order chi connectivity index (χ0) is 14.9. The Kier molecular flexibility index (Phi) is 4.88. The van der Waals surface area contributed by atoms with Crippen molar-refractivity contribution in [3.63, 3.8) is 0 Å². The Morgan fingerprint density at radius 2 is 1.70 bits per heavy atom. The second-order valence-electron chi connectivity index (χ2n) is 4.21. The van der Waals surface area contributed by atoms with Crippen LogP contribution < -0.4 is 0 Å². The topological polar surface area (TPSA) is 20.2 Å². The molecule has 0 aromatic heterocycles. The van der Waals surface area contributed by atoms with Gasteiger partial charge >= 0.3 is 0 Å². The van der Waals surface area contributed by atoms with Crippen LogP contribution in [0.15, 0.2) is 39.3 Å². The van der Waals surface area contributed by atoms with Gasteiger partial charge in [0.15, 0.2) is 0 Å². The monoisotopic (exact) mass is 408 g/mol. The highest BCUT2D eigenvalue weighted by Gasteiger charge is 2.19. The van der Waals surface area contributed by atoms with Crippen LogP contribution in [0.4, 0.5) is 13.2 Å². The maximum absolute atomic E-state index is 13.8. The molecule has 0 radical (unpaired) electrons. The molecule has 0 aliphatic carbocycles. The fourth-order valence-electron chi connectivity index (χ4n) is 1.83. The van der Waals surface area contributed by atoms with E-state index in [0.717, 1.165) is 6.07 Å². The zero-order valence-corrected chi connectivity index (χ0v) is 13.2. The van der Waals surface area contributed by atoms with Gasteiger partial charge in [0.2, 0.25) is 0 Å². The Bertz CT molecular complexity index is 647.